The van der Waals surface area contributed by atoms with Crippen molar-refractivity contribution in [3.63, 3.8) is 0 Å². The number of amidine groups is 1. The zero-order chi connectivity index (χ0) is 14.5. The zero-order valence-corrected chi connectivity index (χ0v) is 10.4. The van der Waals surface area contributed by atoms with Gasteiger partial charge < -0.3 is 15.7 Å². The molecule has 0 bridgehead atoms. The SMILES string of the molecule is N/C(=N/O)c1cc(F)cc(COc2ccc(F)cc2)c1. The lowest BCUT2D eigenvalue weighted by atomic mass is 10.1. The van der Waals surface area contributed by atoms with Gasteiger partial charge in [-0.1, -0.05) is 5.16 Å². The van der Waals surface area contributed by atoms with E-state index in [-0.39, 0.29) is 23.8 Å². The molecule has 20 heavy (non-hydrogen) atoms. The largest absolute Gasteiger partial charge is 0.489 e. The molecule has 0 heterocycles. The first-order chi connectivity index (χ1) is 9.58. The summed E-state index contributed by atoms with van der Waals surface area (Å²) < 4.78 is 31.5. The van der Waals surface area contributed by atoms with Crippen LogP contribution in [0.1, 0.15) is 11.1 Å². The molecule has 104 valence electrons. The molecule has 0 radical (unpaired) electrons. The molecular formula is C14H12F2N2O2. The molecule has 0 atom stereocenters. The van der Waals surface area contributed by atoms with E-state index in [1.807, 2.05) is 0 Å². The lowest BCUT2D eigenvalue weighted by Crippen LogP contribution is -2.14. The van der Waals surface area contributed by atoms with Crippen LogP contribution in [-0.2, 0) is 6.61 Å². The van der Waals surface area contributed by atoms with Crippen molar-refractivity contribution in [2.45, 2.75) is 6.61 Å². The Balaban J connectivity index is 2.13. The van der Waals surface area contributed by atoms with Gasteiger partial charge in [-0.05, 0) is 48.0 Å². The molecule has 3 N–H and O–H groups in total. The monoisotopic (exact) mass is 278 g/mol. The molecule has 2 aromatic rings. The first kappa shape index (κ1) is 13.8. The fraction of sp³-hybridized carbons (Fsp3) is 0.0714. The molecule has 0 aliphatic rings. The highest BCUT2D eigenvalue weighted by Crippen LogP contribution is 2.15. The Bertz CT molecular complexity index is 628. The van der Waals surface area contributed by atoms with Gasteiger partial charge in [0.05, 0.1) is 0 Å². The highest BCUT2D eigenvalue weighted by atomic mass is 19.1. The van der Waals surface area contributed by atoms with Crippen LogP contribution in [0.15, 0.2) is 47.6 Å². The Hall–Kier alpha value is -2.63. The number of hydrogen-bond donors (Lipinski definition) is 2. The van der Waals surface area contributed by atoms with Gasteiger partial charge in [0.2, 0.25) is 0 Å². The van der Waals surface area contributed by atoms with Gasteiger partial charge in [0.15, 0.2) is 5.84 Å². The third-order valence-electron chi connectivity index (χ3n) is 2.58. The quantitative estimate of drug-likeness (QED) is 0.391. The second-order valence-electron chi connectivity index (χ2n) is 4.08. The summed E-state index contributed by atoms with van der Waals surface area (Å²) in [4.78, 5) is 0. The van der Waals surface area contributed by atoms with Crippen molar-refractivity contribution in [3.05, 3.63) is 65.2 Å². The van der Waals surface area contributed by atoms with Gasteiger partial charge in [-0.15, -0.1) is 0 Å². The van der Waals surface area contributed by atoms with Gasteiger partial charge in [-0.2, -0.15) is 0 Å². The second kappa shape index (κ2) is 6.01. The molecule has 0 amide bonds. The van der Waals surface area contributed by atoms with Crippen molar-refractivity contribution in [1.82, 2.24) is 0 Å². The summed E-state index contributed by atoms with van der Waals surface area (Å²) in [6, 6.07) is 9.44. The molecule has 0 fully saturated rings. The number of ether oxygens (including phenoxy) is 1. The van der Waals surface area contributed by atoms with Crippen LogP contribution >= 0.6 is 0 Å². The average molecular weight is 278 g/mol. The van der Waals surface area contributed by atoms with E-state index in [0.29, 0.717) is 11.3 Å². The highest BCUT2D eigenvalue weighted by Gasteiger charge is 2.05. The summed E-state index contributed by atoms with van der Waals surface area (Å²) >= 11 is 0. The van der Waals surface area contributed by atoms with Gasteiger partial charge in [-0.3, -0.25) is 0 Å². The molecule has 0 spiro atoms. The van der Waals surface area contributed by atoms with Crippen LogP contribution in [0.2, 0.25) is 0 Å². The van der Waals surface area contributed by atoms with Crippen molar-refractivity contribution >= 4 is 5.84 Å². The molecule has 0 saturated carbocycles. The Labute approximate surface area is 114 Å². The Morgan fingerprint density at radius 2 is 1.80 bits per heavy atom. The maximum Gasteiger partial charge on any atom is 0.170 e. The third kappa shape index (κ3) is 3.44. The summed E-state index contributed by atoms with van der Waals surface area (Å²) in [6.45, 7) is 0.0785. The number of nitrogens with two attached hydrogens (primary N) is 1. The van der Waals surface area contributed by atoms with Gasteiger partial charge in [0.1, 0.15) is 24.0 Å². The molecule has 0 unspecified atom stereocenters. The molecular weight excluding hydrogens is 266 g/mol. The minimum Gasteiger partial charge on any atom is -0.489 e. The lowest BCUT2D eigenvalue weighted by molar-refractivity contribution is 0.305. The van der Waals surface area contributed by atoms with Crippen LogP contribution in [0.4, 0.5) is 8.78 Å². The van der Waals surface area contributed by atoms with Crippen LogP contribution in [0.25, 0.3) is 0 Å². The first-order valence-electron chi connectivity index (χ1n) is 5.74. The number of benzene rings is 2. The zero-order valence-electron chi connectivity index (χ0n) is 10.4. The minimum absolute atomic E-state index is 0.0785. The van der Waals surface area contributed by atoms with E-state index < -0.39 is 5.82 Å². The molecule has 0 aromatic heterocycles. The molecule has 2 aromatic carbocycles. The normalized spacial score (nSPS) is 11.4. The van der Waals surface area contributed by atoms with E-state index in [2.05, 4.69) is 5.16 Å². The van der Waals surface area contributed by atoms with E-state index in [0.717, 1.165) is 6.07 Å². The van der Waals surface area contributed by atoms with E-state index in [1.54, 1.807) is 6.07 Å². The van der Waals surface area contributed by atoms with Crippen LogP contribution < -0.4 is 10.5 Å². The Morgan fingerprint density at radius 1 is 1.10 bits per heavy atom. The fourth-order valence-corrected chi connectivity index (χ4v) is 1.64. The molecule has 2 rings (SSSR count). The maximum atomic E-state index is 13.4. The number of rotatable bonds is 4. The van der Waals surface area contributed by atoms with Crippen LogP contribution in [0.3, 0.4) is 0 Å². The molecule has 0 aliphatic heterocycles. The first-order valence-corrected chi connectivity index (χ1v) is 5.74. The van der Waals surface area contributed by atoms with Gasteiger partial charge >= 0.3 is 0 Å². The summed E-state index contributed by atoms with van der Waals surface area (Å²) in [7, 11) is 0. The number of nitrogens with zero attached hydrogens (tertiary/aromatic N) is 1. The maximum absolute atomic E-state index is 13.4. The van der Waals surface area contributed by atoms with Gasteiger partial charge in [0.25, 0.3) is 0 Å². The van der Waals surface area contributed by atoms with E-state index in [9.17, 15) is 8.78 Å². The van der Waals surface area contributed by atoms with E-state index in [1.165, 1.54) is 30.3 Å². The predicted molar refractivity (Wildman–Crippen MR) is 69.6 cm³/mol. The summed E-state index contributed by atoms with van der Waals surface area (Å²) in [6.07, 6.45) is 0. The third-order valence-corrected chi connectivity index (χ3v) is 2.58. The predicted octanol–water partition coefficient (Wildman–Crippen LogP) is 2.64. The number of halogens is 2. The smallest absolute Gasteiger partial charge is 0.170 e. The number of oxime groups is 1. The number of hydrogen-bond acceptors (Lipinski definition) is 3. The van der Waals surface area contributed by atoms with Gasteiger partial charge in [0, 0.05) is 5.56 Å². The van der Waals surface area contributed by atoms with Crippen molar-refractivity contribution in [3.8, 4) is 5.75 Å². The summed E-state index contributed by atoms with van der Waals surface area (Å²) in [5, 5.41) is 11.4. The van der Waals surface area contributed by atoms with E-state index >= 15 is 0 Å². The molecule has 0 aliphatic carbocycles. The molecule has 6 heteroatoms. The fourth-order valence-electron chi connectivity index (χ4n) is 1.64. The molecule has 0 saturated heterocycles. The van der Waals surface area contributed by atoms with Crippen LogP contribution in [0, 0.1) is 11.6 Å². The van der Waals surface area contributed by atoms with Crippen molar-refractivity contribution in [2.24, 2.45) is 10.9 Å². The van der Waals surface area contributed by atoms with Crippen LogP contribution in [-0.4, -0.2) is 11.0 Å². The van der Waals surface area contributed by atoms with Crippen molar-refractivity contribution in [2.75, 3.05) is 0 Å². The van der Waals surface area contributed by atoms with Crippen LogP contribution in [0.5, 0.6) is 5.75 Å². The highest BCUT2D eigenvalue weighted by molar-refractivity contribution is 5.97. The molecule has 4 nitrogen and oxygen atoms in total. The Morgan fingerprint density at radius 3 is 2.45 bits per heavy atom. The minimum atomic E-state index is -0.521. The lowest BCUT2D eigenvalue weighted by Gasteiger charge is -2.08. The standard InChI is InChI=1S/C14H12F2N2O2/c15-11-1-3-13(4-2-11)20-8-9-5-10(14(17)18-19)7-12(16)6-9/h1-7,19H,8H2,(H2,17,18). The van der Waals surface area contributed by atoms with Crippen molar-refractivity contribution in [1.29, 1.82) is 0 Å². The topological polar surface area (TPSA) is 67.8 Å². The van der Waals surface area contributed by atoms with Gasteiger partial charge in [-0.25, -0.2) is 8.78 Å². The van der Waals surface area contributed by atoms with Crippen molar-refractivity contribution < 1.29 is 18.7 Å². The average Bonchev–Trinajstić information content (AvgIpc) is 2.45. The second-order valence-corrected chi connectivity index (χ2v) is 4.08. The Kier molecular flexibility index (Phi) is 4.14. The summed E-state index contributed by atoms with van der Waals surface area (Å²) in [5.74, 6) is -0.613. The summed E-state index contributed by atoms with van der Waals surface area (Å²) in [5.41, 5.74) is 6.17. The van der Waals surface area contributed by atoms with E-state index in [4.69, 9.17) is 15.7 Å².